The molecule has 1 amide bonds. The van der Waals surface area contributed by atoms with Gasteiger partial charge in [-0.15, -0.1) is 0 Å². The van der Waals surface area contributed by atoms with Gasteiger partial charge in [-0.1, -0.05) is 12.1 Å². The zero-order valence-electron chi connectivity index (χ0n) is 14.2. The second-order valence-corrected chi connectivity index (χ2v) is 5.82. The number of carbonyl (C=O) groups excluding carboxylic acids is 1. The number of benzene rings is 2. The maximum absolute atomic E-state index is 12.1. The Kier molecular flexibility index (Phi) is 5.75. The Morgan fingerprint density at radius 1 is 1.19 bits per heavy atom. The molecule has 0 aliphatic heterocycles. The number of rotatable bonds is 7. The predicted molar refractivity (Wildman–Crippen MR) is 94.9 cm³/mol. The number of halogens is 2. The van der Waals surface area contributed by atoms with Gasteiger partial charge in [0.05, 0.1) is 0 Å². The standard InChI is InChI=1S/C19H18F2N2O4/c20-18(21)27-15-4-1-12(2-5-15)11-26-19(25)22-8-7-13-10-23-17-6-3-14(24)9-16(13)17/h1-6,9-10,18,23-24H,7-8,11H2,(H,22,25). The number of alkyl halides is 2. The average Bonchev–Trinajstić information content (AvgIpc) is 3.03. The Hall–Kier alpha value is -3.29. The number of carbonyl (C=O) groups is 1. The molecule has 0 atom stereocenters. The molecule has 0 saturated carbocycles. The molecule has 0 spiro atoms. The molecule has 2 aromatic carbocycles. The summed E-state index contributed by atoms with van der Waals surface area (Å²) in [5.41, 5.74) is 2.53. The molecule has 0 saturated heterocycles. The van der Waals surface area contributed by atoms with Gasteiger partial charge in [0.15, 0.2) is 0 Å². The maximum Gasteiger partial charge on any atom is 0.407 e. The van der Waals surface area contributed by atoms with E-state index in [2.05, 4.69) is 15.0 Å². The van der Waals surface area contributed by atoms with Gasteiger partial charge < -0.3 is 24.9 Å². The lowest BCUT2D eigenvalue weighted by Gasteiger charge is -2.08. The number of amides is 1. The van der Waals surface area contributed by atoms with Gasteiger partial charge in [-0.05, 0) is 47.9 Å². The molecule has 0 bridgehead atoms. The number of alkyl carbamates (subject to hydrolysis) is 1. The highest BCUT2D eigenvalue weighted by Crippen LogP contribution is 2.23. The van der Waals surface area contributed by atoms with Crippen LogP contribution in [0.25, 0.3) is 10.9 Å². The number of aromatic nitrogens is 1. The van der Waals surface area contributed by atoms with Crippen molar-refractivity contribution in [3.05, 3.63) is 59.8 Å². The number of phenolic OH excluding ortho intramolecular Hbond substituents is 1. The van der Waals surface area contributed by atoms with Crippen molar-refractivity contribution >= 4 is 17.0 Å². The first kappa shape index (κ1) is 18.5. The minimum atomic E-state index is -2.88. The van der Waals surface area contributed by atoms with E-state index in [1.165, 1.54) is 12.1 Å². The summed E-state index contributed by atoms with van der Waals surface area (Å²) in [7, 11) is 0. The van der Waals surface area contributed by atoms with Crippen LogP contribution in [0.15, 0.2) is 48.7 Å². The van der Waals surface area contributed by atoms with E-state index in [-0.39, 0.29) is 18.1 Å². The van der Waals surface area contributed by atoms with Crippen LogP contribution < -0.4 is 10.1 Å². The monoisotopic (exact) mass is 376 g/mol. The fraction of sp³-hybridized carbons (Fsp3) is 0.211. The molecular formula is C19H18F2N2O4. The molecule has 1 aromatic heterocycles. The third-order valence-electron chi connectivity index (χ3n) is 3.93. The van der Waals surface area contributed by atoms with Crippen LogP contribution in [0.1, 0.15) is 11.1 Å². The van der Waals surface area contributed by atoms with Gasteiger partial charge in [-0.2, -0.15) is 8.78 Å². The van der Waals surface area contributed by atoms with Crippen LogP contribution in [0, 0.1) is 0 Å². The lowest BCUT2D eigenvalue weighted by Crippen LogP contribution is -2.26. The summed E-state index contributed by atoms with van der Waals surface area (Å²) in [4.78, 5) is 14.9. The van der Waals surface area contributed by atoms with Crippen molar-refractivity contribution in [1.82, 2.24) is 10.3 Å². The molecular weight excluding hydrogens is 358 g/mol. The lowest BCUT2D eigenvalue weighted by molar-refractivity contribution is -0.0498. The van der Waals surface area contributed by atoms with Crippen LogP contribution in [0.3, 0.4) is 0 Å². The lowest BCUT2D eigenvalue weighted by atomic mass is 10.1. The summed E-state index contributed by atoms with van der Waals surface area (Å²) in [5, 5.41) is 13.1. The van der Waals surface area contributed by atoms with Gasteiger partial charge in [0.2, 0.25) is 0 Å². The largest absolute Gasteiger partial charge is 0.508 e. The molecule has 1 heterocycles. The van der Waals surface area contributed by atoms with Gasteiger partial charge in [-0.3, -0.25) is 0 Å². The number of aromatic amines is 1. The number of hydrogen-bond donors (Lipinski definition) is 3. The highest BCUT2D eigenvalue weighted by Gasteiger charge is 2.08. The van der Waals surface area contributed by atoms with Gasteiger partial charge in [0, 0.05) is 23.6 Å². The second-order valence-electron chi connectivity index (χ2n) is 5.82. The van der Waals surface area contributed by atoms with Crippen LogP contribution in [-0.2, 0) is 17.8 Å². The molecule has 27 heavy (non-hydrogen) atoms. The topological polar surface area (TPSA) is 83.6 Å². The van der Waals surface area contributed by atoms with E-state index in [0.29, 0.717) is 18.5 Å². The van der Waals surface area contributed by atoms with E-state index >= 15 is 0 Å². The number of hydrogen-bond acceptors (Lipinski definition) is 4. The molecule has 0 fully saturated rings. The number of phenols is 1. The Balaban J connectivity index is 1.43. The molecule has 0 radical (unpaired) electrons. The maximum atomic E-state index is 12.1. The third-order valence-corrected chi connectivity index (χ3v) is 3.93. The highest BCUT2D eigenvalue weighted by molar-refractivity contribution is 5.84. The third kappa shape index (κ3) is 5.10. The van der Waals surface area contributed by atoms with Crippen molar-refractivity contribution in [2.24, 2.45) is 0 Å². The molecule has 0 unspecified atom stereocenters. The van der Waals surface area contributed by atoms with Crippen LogP contribution in [0.2, 0.25) is 0 Å². The molecule has 8 heteroatoms. The van der Waals surface area contributed by atoms with Crippen LogP contribution in [-0.4, -0.2) is 29.3 Å². The highest BCUT2D eigenvalue weighted by atomic mass is 19.3. The molecule has 3 N–H and O–H groups in total. The van der Waals surface area contributed by atoms with E-state index in [4.69, 9.17) is 4.74 Å². The summed E-state index contributed by atoms with van der Waals surface area (Å²) in [6.07, 6.45) is 1.82. The summed E-state index contributed by atoms with van der Waals surface area (Å²) in [6, 6.07) is 10.9. The van der Waals surface area contributed by atoms with Crippen molar-refractivity contribution in [2.45, 2.75) is 19.6 Å². The van der Waals surface area contributed by atoms with Crippen molar-refractivity contribution in [3.8, 4) is 11.5 Å². The molecule has 6 nitrogen and oxygen atoms in total. The molecule has 0 aliphatic rings. The van der Waals surface area contributed by atoms with Crippen molar-refractivity contribution in [3.63, 3.8) is 0 Å². The average molecular weight is 376 g/mol. The van der Waals surface area contributed by atoms with Gasteiger partial charge >= 0.3 is 12.7 Å². The Morgan fingerprint density at radius 3 is 2.70 bits per heavy atom. The minimum absolute atomic E-state index is 0.0156. The predicted octanol–water partition coefficient (Wildman–Crippen LogP) is 3.94. The van der Waals surface area contributed by atoms with E-state index in [9.17, 15) is 18.7 Å². The van der Waals surface area contributed by atoms with Crippen molar-refractivity contribution in [2.75, 3.05) is 6.54 Å². The van der Waals surface area contributed by atoms with E-state index in [1.807, 2.05) is 6.20 Å². The van der Waals surface area contributed by atoms with Gasteiger partial charge in [0.25, 0.3) is 0 Å². The smallest absolute Gasteiger partial charge is 0.407 e. The number of fused-ring (bicyclic) bond motifs is 1. The SMILES string of the molecule is O=C(NCCc1c[nH]c2ccc(O)cc12)OCc1ccc(OC(F)F)cc1. The van der Waals surface area contributed by atoms with Gasteiger partial charge in [0.1, 0.15) is 18.1 Å². The Labute approximate surface area is 153 Å². The van der Waals surface area contributed by atoms with Crippen LogP contribution >= 0.6 is 0 Å². The summed E-state index contributed by atoms with van der Waals surface area (Å²) < 4.78 is 33.5. The molecule has 3 rings (SSSR count). The fourth-order valence-corrected chi connectivity index (χ4v) is 2.64. The zero-order chi connectivity index (χ0) is 19.2. The first-order chi connectivity index (χ1) is 13.0. The Morgan fingerprint density at radius 2 is 1.96 bits per heavy atom. The Bertz CT molecular complexity index is 910. The first-order valence-corrected chi connectivity index (χ1v) is 8.24. The molecule has 142 valence electrons. The summed E-state index contributed by atoms with van der Waals surface area (Å²) in [6.45, 7) is -2.50. The first-order valence-electron chi connectivity index (χ1n) is 8.24. The number of aromatic hydroxyl groups is 1. The van der Waals surface area contributed by atoms with Crippen molar-refractivity contribution in [1.29, 1.82) is 0 Å². The van der Waals surface area contributed by atoms with Gasteiger partial charge in [-0.25, -0.2) is 4.79 Å². The van der Waals surface area contributed by atoms with Crippen molar-refractivity contribution < 1.29 is 28.2 Å². The number of H-pyrrole nitrogens is 1. The second kappa shape index (κ2) is 8.39. The van der Waals surface area contributed by atoms with Crippen LogP contribution in [0.5, 0.6) is 11.5 Å². The normalized spacial score (nSPS) is 10.9. The van der Waals surface area contributed by atoms with E-state index < -0.39 is 12.7 Å². The minimum Gasteiger partial charge on any atom is -0.508 e. The van der Waals surface area contributed by atoms with Crippen LogP contribution in [0.4, 0.5) is 13.6 Å². The molecule has 3 aromatic rings. The molecule has 0 aliphatic carbocycles. The zero-order valence-corrected chi connectivity index (χ0v) is 14.2. The number of ether oxygens (including phenoxy) is 2. The summed E-state index contributed by atoms with van der Waals surface area (Å²) in [5.74, 6) is 0.226. The van der Waals surface area contributed by atoms with E-state index in [0.717, 1.165) is 16.5 Å². The summed E-state index contributed by atoms with van der Waals surface area (Å²) >= 11 is 0. The quantitative estimate of drug-likeness (QED) is 0.583. The van der Waals surface area contributed by atoms with E-state index in [1.54, 1.807) is 30.3 Å². The fourth-order valence-electron chi connectivity index (χ4n) is 2.64. The number of nitrogens with one attached hydrogen (secondary N) is 2.